The van der Waals surface area contributed by atoms with Gasteiger partial charge in [-0.25, -0.2) is 0 Å². The van der Waals surface area contributed by atoms with Crippen molar-refractivity contribution in [3.05, 3.63) is 24.3 Å². The van der Waals surface area contributed by atoms with Gasteiger partial charge in [0.25, 0.3) is 0 Å². The van der Waals surface area contributed by atoms with E-state index in [1.165, 1.54) is 0 Å². The van der Waals surface area contributed by atoms with Crippen LogP contribution in [0.15, 0.2) is 24.3 Å². The number of hydrogen-bond acceptors (Lipinski definition) is 3. The maximum absolute atomic E-state index is 8.73. The van der Waals surface area contributed by atoms with E-state index in [2.05, 4.69) is 0 Å². The minimum absolute atomic E-state index is 0.0351. The van der Waals surface area contributed by atoms with Crippen LogP contribution in [0.4, 0.5) is 0 Å². The first kappa shape index (κ1) is 11.9. The van der Waals surface area contributed by atoms with Gasteiger partial charge in [0.05, 0.1) is 12.7 Å². The van der Waals surface area contributed by atoms with Crippen molar-refractivity contribution in [1.29, 1.82) is 0 Å². The van der Waals surface area contributed by atoms with Crippen LogP contribution in [0.25, 0.3) is 0 Å². The van der Waals surface area contributed by atoms with E-state index in [0.717, 1.165) is 11.5 Å². The van der Waals surface area contributed by atoms with Gasteiger partial charge in [-0.1, -0.05) is 0 Å². The smallest absolute Gasteiger partial charge is 0.119 e. The second-order valence-corrected chi connectivity index (χ2v) is 3.35. The van der Waals surface area contributed by atoms with E-state index in [0.29, 0.717) is 13.0 Å². The van der Waals surface area contributed by atoms with Crippen molar-refractivity contribution in [1.82, 2.24) is 0 Å². The van der Waals surface area contributed by atoms with Crippen molar-refractivity contribution in [2.75, 3.05) is 13.2 Å². The number of benzene rings is 1. The molecule has 1 N–H and O–H groups in total. The predicted molar refractivity (Wildman–Crippen MR) is 59.4 cm³/mol. The monoisotopic (exact) mass is 210 g/mol. The highest BCUT2D eigenvalue weighted by Crippen LogP contribution is 2.18. The SMILES string of the molecule is CCOc1ccc(OC(C)CCO)cc1. The van der Waals surface area contributed by atoms with E-state index in [-0.39, 0.29) is 12.7 Å². The van der Waals surface area contributed by atoms with E-state index in [9.17, 15) is 0 Å². The number of hydrogen-bond donors (Lipinski definition) is 1. The summed E-state index contributed by atoms with van der Waals surface area (Å²) in [5.41, 5.74) is 0. The van der Waals surface area contributed by atoms with Crippen LogP contribution in [0.5, 0.6) is 11.5 Å². The third-order valence-corrected chi connectivity index (χ3v) is 2.01. The molecule has 0 spiro atoms. The van der Waals surface area contributed by atoms with Gasteiger partial charge in [-0.05, 0) is 38.1 Å². The van der Waals surface area contributed by atoms with E-state index < -0.39 is 0 Å². The molecule has 0 radical (unpaired) electrons. The van der Waals surface area contributed by atoms with Crippen molar-refractivity contribution in [3.63, 3.8) is 0 Å². The van der Waals surface area contributed by atoms with Crippen LogP contribution in [-0.4, -0.2) is 24.4 Å². The van der Waals surface area contributed by atoms with Crippen LogP contribution >= 0.6 is 0 Å². The Morgan fingerprint density at radius 2 is 1.80 bits per heavy atom. The Morgan fingerprint density at radius 1 is 1.20 bits per heavy atom. The lowest BCUT2D eigenvalue weighted by Gasteiger charge is -2.13. The molecule has 0 aliphatic heterocycles. The van der Waals surface area contributed by atoms with Crippen molar-refractivity contribution >= 4 is 0 Å². The third-order valence-electron chi connectivity index (χ3n) is 2.01. The summed E-state index contributed by atoms with van der Waals surface area (Å²) in [5.74, 6) is 1.65. The maximum atomic E-state index is 8.73. The summed E-state index contributed by atoms with van der Waals surface area (Å²) < 4.78 is 10.9. The number of ether oxygens (including phenoxy) is 2. The molecule has 0 aliphatic rings. The van der Waals surface area contributed by atoms with Crippen LogP contribution in [0, 0.1) is 0 Å². The summed E-state index contributed by atoms with van der Waals surface area (Å²) in [6.07, 6.45) is 0.681. The predicted octanol–water partition coefficient (Wildman–Crippen LogP) is 2.24. The summed E-state index contributed by atoms with van der Waals surface area (Å²) in [6.45, 7) is 4.71. The van der Waals surface area contributed by atoms with Crippen LogP contribution < -0.4 is 9.47 Å². The molecular formula is C12H18O3. The molecule has 1 rings (SSSR count). The topological polar surface area (TPSA) is 38.7 Å². The van der Waals surface area contributed by atoms with E-state index in [1.807, 2.05) is 38.1 Å². The molecule has 84 valence electrons. The summed E-state index contributed by atoms with van der Waals surface area (Å²) in [7, 11) is 0. The van der Waals surface area contributed by atoms with Crippen LogP contribution in [0.2, 0.25) is 0 Å². The highest BCUT2D eigenvalue weighted by Gasteiger charge is 2.02. The molecule has 1 unspecified atom stereocenters. The molecular weight excluding hydrogens is 192 g/mol. The van der Waals surface area contributed by atoms with Crippen LogP contribution in [0.3, 0.4) is 0 Å². The Labute approximate surface area is 90.6 Å². The van der Waals surface area contributed by atoms with Crippen molar-refractivity contribution in [2.24, 2.45) is 0 Å². The first-order valence-electron chi connectivity index (χ1n) is 5.26. The van der Waals surface area contributed by atoms with Gasteiger partial charge in [0, 0.05) is 13.0 Å². The van der Waals surface area contributed by atoms with Gasteiger partial charge < -0.3 is 14.6 Å². The first-order valence-corrected chi connectivity index (χ1v) is 5.26. The van der Waals surface area contributed by atoms with Crippen LogP contribution in [-0.2, 0) is 0 Å². The molecule has 0 saturated carbocycles. The molecule has 0 saturated heterocycles. The fraction of sp³-hybridized carbons (Fsp3) is 0.500. The van der Waals surface area contributed by atoms with E-state index in [4.69, 9.17) is 14.6 Å². The van der Waals surface area contributed by atoms with Crippen molar-refractivity contribution < 1.29 is 14.6 Å². The molecule has 1 atom stereocenters. The van der Waals surface area contributed by atoms with Gasteiger partial charge in [-0.15, -0.1) is 0 Å². The normalized spacial score (nSPS) is 12.2. The maximum Gasteiger partial charge on any atom is 0.119 e. The second-order valence-electron chi connectivity index (χ2n) is 3.35. The Balaban J connectivity index is 2.48. The van der Waals surface area contributed by atoms with Gasteiger partial charge >= 0.3 is 0 Å². The molecule has 1 aromatic carbocycles. The quantitative estimate of drug-likeness (QED) is 0.782. The molecule has 0 amide bonds. The minimum atomic E-state index is 0.0351. The van der Waals surface area contributed by atoms with Crippen molar-refractivity contribution in [2.45, 2.75) is 26.4 Å². The Morgan fingerprint density at radius 3 is 2.33 bits per heavy atom. The van der Waals surface area contributed by atoms with E-state index in [1.54, 1.807) is 0 Å². The average molecular weight is 210 g/mol. The number of rotatable bonds is 6. The summed E-state index contributed by atoms with van der Waals surface area (Å²) >= 11 is 0. The zero-order valence-corrected chi connectivity index (χ0v) is 9.27. The zero-order chi connectivity index (χ0) is 11.1. The molecule has 3 nitrogen and oxygen atoms in total. The Kier molecular flexibility index (Phi) is 4.98. The van der Waals surface area contributed by atoms with Gasteiger partial charge in [0.2, 0.25) is 0 Å². The van der Waals surface area contributed by atoms with E-state index >= 15 is 0 Å². The van der Waals surface area contributed by atoms with Gasteiger partial charge in [0.1, 0.15) is 11.5 Å². The highest BCUT2D eigenvalue weighted by molar-refractivity contribution is 5.31. The summed E-state index contributed by atoms with van der Waals surface area (Å²) in [6, 6.07) is 7.51. The molecule has 0 heterocycles. The molecule has 0 fully saturated rings. The van der Waals surface area contributed by atoms with Gasteiger partial charge in [-0.3, -0.25) is 0 Å². The lowest BCUT2D eigenvalue weighted by Crippen LogP contribution is -2.13. The largest absolute Gasteiger partial charge is 0.494 e. The fourth-order valence-electron chi connectivity index (χ4n) is 1.25. The number of aliphatic hydroxyl groups is 1. The minimum Gasteiger partial charge on any atom is -0.494 e. The zero-order valence-electron chi connectivity index (χ0n) is 9.27. The second kappa shape index (κ2) is 6.30. The Hall–Kier alpha value is -1.22. The average Bonchev–Trinajstić information content (AvgIpc) is 2.22. The lowest BCUT2D eigenvalue weighted by molar-refractivity contribution is 0.168. The molecule has 1 aromatic rings. The van der Waals surface area contributed by atoms with Crippen molar-refractivity contribution in [3.8, 4) is 11.5 Å². The van der Waals surface area contributed by atoms with Gasteiger partial charge in [0.15, 0.2) is 0 Å². The molecule has 0 bridgehead atoms. The molecule has 3 heteroatoms. The Bertz CT molecular complexity index is 269. The number of aliphatic hydroxyl groups excluding tert-OH is 1. The lowest BCUT2D eigenvalue weighted by atomic mass is 10.3. The molecule has 15 heavy (non-hydrogen) atoms. The fourth-order valence-corrected chi connectivity index (χ4v) is 1.25. The summed E-state index contributed by atoms with van der Waals surface area (Å²) in [4.78, 5) is 0. The van der Waals surface area contributed by atoms with Crippen LogP contribution in [0.1, 0.15) is 20.3 Å². The third kappa shape index (κ3) is 4.21. The summed E-state index contributed by atoms with van der Waals surface area (Å²) in [5, 5.41) is 8.73. The van der Waals surface area contributed by atoms with Gasteiger partial charge in [-0.2, -0.15) is 0 Å². The highest BCUT2D eigenvalue weighted by atomic mass is 16.5. The standard InChI is InChI=1S/C12H18O3/c1-3-14-11-4-6-12(7-5-11)15-10(2)8-9-13/h4-7,10,13H,3,8-9H2,1-2H3. The molecule has 0 aromatic heterocycles. The molecule has 0 aliphatic carbocycles. The first-order chi connectivity index (χ1) is 7.26.